The molecule has 1 heterocycles. The number of carboxylic acids is 1. The number of furan rings is 1. The molecule has 0 unspecified atom stereocenters. The van der Waals surface area contributed by atoms with Crippen LogP contribution in [0.2, 0.25) is 0 Å². The Morgan fingerprint density at radius 2 is 1.94 bits per heavy atom. The summed E-state index contributed by atoms with van der Waals surface area (Å²) >= 11 is 1.45. The van der Waals surface area contributed by atoms with Crippen molar-refractivity contribution in [2.24, 2.45) is 0 Å². The number of phenols is 1. The molecule has 0 bridgehead atoms. The van der Waals surface area contributed by atoms with Crippen LogP contribution in [0.1, 0.15) is 16.1 Å². The molecular formula is C12H10O4S. The normalized spacial score (nSPS) is 10.4. The Hall–Kier alpha value is -1.88. The molecule has 88 valence electrons. The van der Waals surface area contributed by atoms with Gasteiger partial charge in [-0.25, -0.2) is 4.79 Å². The second-order valence-corrected chi connectivity index (χ2v) is 4.39. The van der Waals surface area contributed by atoms with E-state index in [1.807, 2.05) is 0 Å². The minimum Gasteiger partial charge on any atom is -0.508 e. The molecule has 0 saturated heterocycles. The van der Waals surface area contributed by atoms with E-state index in [0.717, 1.165) is 4.90 Å². The van der Waals surface area contributed by atoms with Gasteiger partial charge in [-0.1, -0.05) is 0 Å². The van der Waals surface area contributed by atoms with Gasteiger partial charge in [-0.3, -0.25) is 0 Å². The average Bonchev–Trinajstić information content (AvgIpc) is 2.76. The molecule has 17 heavy (non-hydrogen) atoms. The molecule has 0 saturated carbocycles. The molecule has 0 radical (unpaired) electrons. The first-order valence-electron chi connectivity index (χ1n) is 4.88. The molecule has 1 aromatic carbocycles. The molecule has 0 aliphatic carbocycles. The van der Waals surface area contributed by atoms with Crippen LogP contribution in [0.4, 0.5) is 0 Å². The second-order valence-electron chi connectivity index (χ2n) is 3.35. The molecule has 2 N–H and O–H groups in total. The molecule has 0 aliphatic heterocycles. The number of benzene rings is 1. The van der Waals surface area contributed by atoms with Gasteiger partial charge in [0.1, 0.15) is 17.1 Å². The zero-order valence-electron chi connectivity index (χ0n) is 8.79. The highest BCUT2D eigenvalue weighted by Crippen LogP contribution is 2.26. The summed E-state index contributed by atoms with van der Waals surface area (Å²) in [7, 11) is 0. The smallest absolute Gasteiger partial charge is 0.339 e. The third-order valence-corrected chi connectivity index (χ3v) is 3.19. The molecule has 0 aliphatic rings. The van der Waals surface area contributed by atoms with Crippen LogP contribution in [0.5, 0.6) is 5.75 Å². The molecule has 0 fully saturated rings. The Morgan fingerprint density at radius 1 is 1.24 bits per heavy atom. The number of aromatic hydroxyl groups is 1. The molecule has 0 amide bonds. The van der Waals surface area contributed by atoms with E-state index in [9.17, 15) is 4.79 Å². The molecule has 0 atom stereocenters. The van der Waals surface area contributed by atoms with Crippen LogP contribution >= 0.6 is 11.8 Å². The zero-order valence-corrected chi connectivity index (χ0v) is 9.61. The third-order valence-electron chi connectivity index (χ3n) is 2.18. The maximum Gasteiger partial charge on any atom is 0.339 e. The maximum absolute atomic E-state index is 10.8. The highest BCUT2D eigenvalue weighted by atomic mass is 32.2. The van der Waals surface area contributed by atoms with Gasteiger partial charge in [0.2, 0.25) is 0 Å². The summed E-state index contributed by atoms with van der Waals surface area (Å²) in [6.45, 7) is 0. The largest absolute Gasteiger partial charge is 0.508 e. The lowest BCUT2D eigenvalue weighted by molar-refractivity contribution is 0.0695. The van der Waals surface area contributed by atoms with Gasteiger partial charge in [0.15, 0.2) is 0 Å². The van der Waals surface area contributed by atoms with E-state index in [-0.39, 0.29) is 11.3 Å². The molecule has 4 nitrogen and oxygen atoms in total. The fourth-order valence-electron chi connectivity index (χ4n) is 1.33. The number of phenolic OH excluding ortho intramolecular Hbond substituents is 1. The zero-order chi connectivity index (χ0) is 12.3. The van der Waals surface area contributed by atoms with E-state index in [1.165, 1.54) is 24.1 Å². The summed E-state index contributed by atoms with van der Waals surface area (Å²) in [6.07, 6.45) is 1.37. The van der Waals surface area contributed by atoms with Crippen molar-refractivity contribution in [3.8, 4) is 5.75 Å². The Morgan fingerprint density at radius 3 is 2.59 bits per heavy atom. The predicted octanol–water partition coefficient (Wildman–Crippen LogP) is 2.98. The Balaban J connectivity index is 2.05. The fourth-order valence-corrected chi connectivity index (χ4v) is 2.18. The summed E-state index contributed by atoms with van der Waals surface area (Å²) in [5, 5.41) is 18.0. The van der Waals surface area contributed by atoms with Crippen LogP contribution in [-0.4, -0.2) is 16.2 Å². The summed E-state index contributed by atoms with van der Waals surface area (Å²) in [5.41, 5.74) is 0.191. The molecular weight excluding hydrogens is 240 g/mol. The van der Waals surface area contributed by atoms with E-state index in [2.05, 4.69) is 0 Å². The lowest BCUT2D eigenvalue weighted by Gasteiger charge is -2.00. The van der Waals surface area contributed by atoms with Crippen molar-refractivity contribution in [2.45, 2.75) is 10.6 Å². The number of hydrogen-bond donors (Lipinski definition) is 2. The molecule has 2 aromatic rings. The predicted molar refractivity (Wildman–Crippen MR) is 63.3 cm³/mol. The lowest BCUT2D eigenvalue weighted by Crippen LogP contribution is -1.97. The summed E-state index contributed by atoms with van der Waals surface area (Å²) < 4.78 is 5.12. The van der Waals surface area contributed by atoms with Crippen molar-refractivity contribution in [1.29, 1.82) is 0 Å². The second kappa shape index (κ2) is 4.97. The van der Waals surface area contributed by atoms with Crippen LogP contribution in [0, 0.1) is 0 Å². The van der Waals surface area contributed by atoms with Gasteiger partial charge >= 0.3 is 5.97 Å². The number of hydrogen-bond acceptors (Lipinski definition) is 4. The standard InChI is InChI=1S/C12H10O4S/c13-8-1-3-9(4-2-8)17-7-11-10(12(14)15)5-6-16-11/h1-6,13H,7H2,(H,14,15). The minimum absolute atomic E-state index is 0.191. The van der Waals surface area contributed by atoms with E-state index in [0.29, 0.717) is 11.5 Å². The van der Waals surface area contributed by atoms with Crippen molar-refractivity contribution in [3.63, 3.8) is 0 Å². The van der Waals surface area contributed by atoms with Crippen molar-refractivity contribution in [2.75, 3.05) is 0 Å². The summed E-state index contributed by atoms with van der Waals surface area (Å²) in [4.78, 5) is 11.8. The lowest BCUT2D eigenvalue weighted by atomic mass is 10.3. The van der Waals surface area contributed by atoms with Crippen molar-refractivity contribution >= 4 is 17.7 Å². The van der Waals surface area contributed by atoms with Gasteiger partial charge in [-0.15, -0.1) is 11.8 Å². The van der Waals surface area contributed by atoms with E-state index >= 15 is 0 Å². The number of thioether (sulfide) groups is 1. The van der Waals surface area contributed by atoms with Gasteiger partial charge in [-0.05, 0) is 30.3 Å². The Labute approximate surface area is 102 Å². The molecule has 1 aromatic heterocycles. The van der Waals surface area contributed by atoms with E-state index in [1.54, 1.807) is 24.3 Å². The van der Waals surface area contributed by atoms with Gasteiger partial charge < -0.3 is 14.6 Å². The van der Waals surface area contributed by atoms with Crippen molar-refractivity contribution < 1.29 is 19.4 Å². The molecule has 2 rings (SSSR count). The number of carbonyl (C=O) groups is 1. The Kier molecular flexibility index (Phi) is 3.39. The van der Waals surface area contributed by atoms with Crippen LogP contribution in [0.3, 0.4) is 0 Å². The Bertz CT molecular complexity index is 516. The quantitative estimate of drug-likeness (QED) is 0.816. The first kappa shape index (κ1) is 11.6. The van der Waals surface area contributed by atoms with Crippen LogP contribution < -0.4 is 0 Å². The van der Waals surface area contributed by atoms with Crippen LogP contribution in [0.25, 0.3) is 0 Å². The van der Waals surface area contributed by atoms with Crippen LogP contribution in [-0.2, 0) is 5.75 Å². The summed E-state index contributed by atoms with van der Waals surface area (Å²) in [6, 6.07) is 8.15. The molecule has 0 spiro atoms. The van der Waals surface area contributed by atoms with Crippen molar-refractivity contribution in [3.05, 3.63) is 47.9 Å². The maximum atomic E-state index is 10.8. The number of rotatable bonds is 4. The molecule has 5 heteroatoms. The average molecular weight is 250 g/mol. The van der Waals surface area contributed by atoms with Gasteiger partial charge in [-0.2, -0.15) is 0 Å². The first-order chi connectivity index (χ1) is 8.16. The van der Waals surface area contributed by atoms with Gasteiger partial charge in [0.05, 0.1) is 12.0 Å². The highest BCUT2D eigenvalue weighted by Gasteiger charge is 2.13. The monoisotopic (exact) mass is 250 g/mol. The number of aromatic carboxylic acids is 1. The van der Waals surface area contributed by atoms with Gasteiger partial charge in [0, 0.05) is 4.90 Å². The SMILES string of the molecule is O=C(O)c1ccoc1CSc1ccc(O)cc1. The topological polar surface area (TPSA) is 70.7 Å². The third kappa shape index (κ3) is 2.82. The van der Waals surface area contributed by atoms with E-state index in [4.69, 9.17) is 14.6 Å². The fraction of sp³-hybridized carbons (Fsp3) is 0.0833. The minimum atomic E-state index is -0.986. The van der Waals surface area contributed by atoms with Crippen LogP contribution in [0.15, 0.2) is 45.9 Å². The highest BCUT2D eigenvalue weighted by molar-refractivity contribution is 7.98. The number of carboxylic acid groups (broad SMARTS) is 1. The first-order valence-corrected chi connectivity index (χ1v) is 5.87. The van der Waals surface area contributed by atoms with Crippen molar-refractivity contribution in [1.82, 2.24) is 0 Å². The summed E-state index contributed by atoms with van der Waals surface area (Å²) in [5.74, 6) is 0.105. The van der Waals surface area contributed by atoms with Gasteiger partial charge in [0.25, 0.3) is 0 Å². The van der Waals surface area contributed by atoms with E-state index < -0.39 is 5.97 Å².